The van der Waals surface area contributed by atoms with Crippen LogP contribution < -0.4 is 11.1 Å². The molecule has 0 aromatic heterocycles. The molecule has 1 aliphatic rings. The molecule has 1 unspecified atom stereocenters. The zero-order valence-corrected chi connectivity index (χ0v) is 15.6. The van der Waals surface area contributed by atoms with Crippen LogP contribution in [0.15, 0.2) is 0 Å². The molecular weight excluding hydrogens is 292 g/mol. The van der Waals surface area contributed by atoms with Crippen molar-refractivity contribution < 1.29 is 9.53 Å². The van der Waals surface area contributed by atoms with Crippen LogP contribution in [0.5, 0.6) is 0 Å². The topological polar surface area (TPSA) is 70.8 Å². The Kier molecular flexibility index (Phi) is 8.29. The lowest BCUT2D eigenvalue weighted by Gasteiger charge is -2.40. The van der Waals surface area contributed by atoms with Crippen molar-refractivity contribution in [2.75, 3.05) is 39.8 Å². The van der Waals surface area contributed by atoms with Gasteiger partial charge in [0, 0.05) is 25.2 Å². The Morgan fingerprint density at radius 3 is 2.48 bits per heavy atom. The van der Waals surface area contributed by atoms with Crippen LogP contribution in [0.25, 0.3) is 0 Å². The molecule has 1 amide bonds. The van der Waals surface area contributed by atoms with E-state index in [4.69, 9.17) is 10.5 Å². The summed E-state index contributed by atoms with van der Waals surface area (Å²) in [6, 6.07) is 0.885. The van der Waals surface area contributed by atoms with E-state index in [1.54, 1.807) is 0 Å². The number of hydrogen-bond acceptors (Lipinski definition) is 5. The molecule has 6 nitrogen and oxygen atoms in total. The molecule has 3 N–H and O–H groups in total. The van der Waals surface area contributed by atoms with Gasteiger partial charge in [0.25, 0.3) is 0 Å². The summed E-state index contributed by atoms with van der Waals surface area (Å²) in [4.78, 5) is 16.6. The van der Waals surface area contributed by atoms with Crippen LogP contribution in [0, 0.1) is 0 Å². The first-order chi connectivity index (χ1) is 10.8. The van der Waals surface area contributed by atoms with Gasteiger partial charge < -0.3 is 20.7 Å². The smallest absolute Gasteiger partial charge is 0.407 e. The molecule has 0 aromatic carbocycles. The quantitative estimate of drug-likeness (QED) is 0.743. The van der Waals surface area contributed by atoms with Crippen LogP contribution in [0.4, 0.5) is 4.79 Å². The molecule has 0 aliphatic carbocycles. The van der Waals surface area contributed by atoms with E-state index in [9.17, 15) is 4.79 Å². The monoisotopic (exact) mass is 328 g/mol. The molecule has 1 heterocycles. The summed E-state index contributed by atoms with van der Waals surface area (Å²) >= 11 is 0. The number of carbonyl (C=O) groups excluding carboxylic acids is 1. The number of hydrogen-bond donors (Lipinski definition) is 2. The van der Waals surface area contributed by atoms with Gasteiger partial charge in [0.2, 0.25) is 0 Å². The lowest BCUT2D eigenvalue weighted by atomic mass is 10.0. The van der Waals surface area contributed by atoms with Crippen molar-refractivity contribution in [3.8, 4) is 0 Å². The molecule has 0 saturated carbocycles. The molecule has 0 radical (unpaired) electrons. The van der Waals surface area contributed by atoms with Gasteiger partial charge in [-0.2, -0.15) is 0 Å². The van der Waals surface area contributed by atoms with Gasteiger partial charge in [-0.05, 0) is 66.7 Å². The van der Waals surface area contributed by atoms with Crippen LogP contribution in [-0.2, 0) is 4.74 Å². The van der Waals surface area contributed by atoms with E-state index in [2.05, 4.69) is 29.1 Å². The Bertz CT molecular complexity index is 349. The fraction of sp³-hybridized carbons (Fsp3) is 0.941. The Morgan fingerprint density at radius 2 is 2.00 bits per heavy atom. The van der Waals surface area contributed by atoms with E-state index in [1.165, 1.54) is 25.9 Å². The first-order valence-electron chi connectivity index (χ1n) is 8.88. The third kappa shape index (κ3) is 7.50. The number of amides is 1. The Hall–Kier alpha value is -0.850. The van der Waals surface area contributed by atoms with E-state index < -0.39 is 5.60 Å². The minimum absolute atomic E-state index is 0.295. The lowest BCUT2D eigenvalue weighted by Crippen LogP contribution is -2.50. The highest BCUT2D eigenvalue weighted by molar-refractivity contribution is 5.67. The van der Waals surface area contributed by atoms with Crippen molar-refractivity contribution in [1.82, 2.24) is 15.1 Å². The van der Waals surface area contributed by atoms with Crippen LogP contribution in [0.3, 0.4) is 0 Å². The largest absolute Gasteiger partial charge is 0.444 e. The van der Waals surface area contributed by atoms with Crippen LogP contribution in [0.1, 0.15) is 47.0 Å². The van der Waals surface area contributed by atoms with E-state index in [-0.39, 0.29) is 6.09 Å². The molecule has 0 spiro atoms. The average Bonchev–Trinajstić information content (AvgIpc) is 2.49. The van der Waals surface area contributed by atoms with Crippen molar-refractivity contribution in [1.29, 1.82) is 0 Å². The maximum absolute atomic E-state index is 11.7. The minimum atomic E-state index is -0.457. The molecule has 1 saturated heterocycles. The number of ether oxygens (including phenoxy) is 1. The molecule has 1 atom stereocenters. The summed E-state index contributed by atoms with van der Waals surface area (Å²) in [7, 11) is 2.16. The van der Waals surface area contributed by atoms with Crippen molar-refractivity contribution in [3.05, 3.63) is 0 Å². The molecule has 6 heteroatoms. The van der Waals surface area contributed by atoms with E-state index >= 15 is 0 Å². The molecule has 23 heavy (non-hydrogen) atoms. The molecule has 1 rings (SSSR count). The predicted molar refractivity (Wildman–Crippen MR) is 94.6 cm³/mol. The Labute approximate surface area is 141 Å². The molecule has 136 valence electrons. The zero-order chi connectivity index (χ0) is 17.5. The Balaban J connectivity index is 2.34. The summed E-state index contributed by atoms with van der Waals surface area (Å²) < 4.78 is 5.25. The average molecular weight is 329 g/mol. The van der Waals surface area contributed by atoms with Gasteiger partial charge >= 0.3 is 6.09 Å². The second-order valence-corrected chi connectivity index (χ2v) is 7.44. The molecular formula is C17H36N4O2. The number of nitrogens with one attached hydrogen (secondary N) is 1. The number of nitrogens with zero attached hydrogens (tertiary/aromatic N) is 2. The third-order valence-electron chi connectivity index (χ3n) is 4.57. The summed E-state index contributed by atoms with van der Waals surface area (Å²) in [5.74, 6) is 0. The van der Waals surface area contributed by atoms with Gasteiger partial charge in [-0.15, -0.1) is 0 Å². The first-order valence-corrected chi connectivity index (χ1v) is 8.88. The predicted octanol–water partition coefficient (Wildman–Crippen LogP) is 1.64. The SMILES string of the molecule is CCN1CCC(N(C)C(CN)CCNC(=O)OC(C)(C)C)CC1. The van der Waals surface area contributed by atoms with Crippen LogP contribution in [-0.4, -0.2) is 73.3 Å². The molecule has 0 aromatic rings. The second-order valence-electron chi connectivity index (χ2n) is 7.44. The van der Waals surface area contributed by atoms with Crippen LogP contribution >= 0.6 is 0 Å². The fourth-order valence-corrected chi connectivity index (χ4v) is 3.08. The number of nitrogens with two attached hydrogens (primary N) is 1. The minimum Gasteiger partial charge on any atom is -0.444 e. The summed E-state index contributed by atoms with van der Waals surface area (Å²) in [6.07, 6.45) is 2.88. The summed E-state index contributed by atoms with van der Waals surface area (Å²) in [5.41, 5.74) is 5.50. The van der Waals surface area contributed by atoms with Crippen molar-refractivity contribution in [2.45, 2.75) is 64.6 Å². The third-order valence-corrected chi connectivity index (χ3v) is 4.57. The van der Waals surface area contributed by atoms with Gasteiger partial charge in [-0.3, -0.25) is 4.90 Å². The maximum atomic E-state index is 11.7. The van der Waals surface area contributed by atoms with Crippen molar-refractivity contribution in [2.24, 2.45) is 5.73 Å². The molecule has 1 fully saturated rings. The summed E-state index contributed by atoms with van der Waals surface area (Å²) in [5, 5.41) is 2.83. The zero-order valence-electron chi connectivity index (χ0n) is 15.6. The van der Waals surface area contributed by atoms with Crippen molar-refractivity contribution in [3.63, 3.8) is 0 Å². The molecule has 1 aliphatic heterocycles. The number of likely N-dealkylation sites (tertiary alicyclic amines) is 1. The number of likely N-dealkylation sites (N-methyl/N-ethyl adjacent to an activating group) is 1. The number of carbonyl (C=O) groups is 1. The highest BCUT2D eigenvalue weighted by Gasteiger charge is 2.26. The lowest BCUT2D eigenvalue weighted by molar-refractivity contribution is 0.0516. The van der Waals surface area contributed by atoms with E-state index in [0.717, 1.165) is 13.0 Å². The van der Waals surface area contributed by atoms with Gasteiger partial charge in [-0.25, -0.2) is 4.79 Å². The number of piperidine rings is 1. The first kappa shape index (κ1) is 20.2. The van der Waals surface area contributed by atoms with E-state index in [1.807, 2.05) is 20.8 Å². The maximum Gasteiger partial charge on any atom is 0.407 e. The van der Waals surface area contributed by atoms with Crippen molar-refractivity contribution >= 4 is 6.09 Å². The fourth-order valence-electron chi connectivity index (χ4n) is 3.08. The Morgan fingerprint density at radius 1 is 1.39 bits per heavy atom. The number of alkyl carbamates (subject to hydrolysis) is 1. The van der Waals surface area contributed by atoms with Crippen LogP contribution in [0.2, 0.25) is 0 Å². The van der Waals surface area contributed by atoms with Gasteiger partial charge in [0.1, 0.15) is 5.60 Å². The summed E-state index contributed by atoms with van der Waals surface area (Å²) in [6.45, 7) is 12.5. The normalized spacial score (nSPS) is 18.9. The van der Waals surface area contributed by atoms with E-state index in [0.29, 0.717) is 25.2 Å². The van der Waals surface area contributed by atoms with Gasteiger partial charge in [0.15, 0.2) is 0 Å². The van der Waals surface area contributed by atoms with Gasteiger partial charge in [-0.1, -0.05) is 6.92 Å². The highest BCUT2D eigenvalue weighted by Crippen LogP contribution is 2.18. The molecule has 0 bridgehead atoms. The standard InChI is InChI=1S/C17H36N4O2/c1-6-21-11-8-14(9-12-21)20(5)15(13-18)7-10-19-16(22)23-17(2,3)4/h14-15H,6-13,18H2,1-5H3,(H,19,22). The second kappa shape index (κ2) is 9.45. The highest BCUT2D eigenvalue weighted by atomic mass is 16.6. The van der Waals surface area contributed by atoms with Gasteiger partial charge in [0.05, 0.1) is 0 Å². The number of rotatable bonds is 7.